The van der Waals surface area contributed by atoms with E-state index in [1.54, 1.807) is 30.0 Å². The Kier molecular flexibility index (Phi) is 3.75. The van der Waals surface area contributed by atoms with Crippen molar-refractivity contribution in [3.63, 3.8) is 0 Å². The molecule has 1 heterocycles. The molecule has 4 N–H and O–H groups in total. The van der Waals surface area contributed by atoms with Gasteiger partial charge in [0.2, 0.25) is 0 Å². The number of hydrogen-bond acceptors (Lipinski definition) is 5. The molecule has 4 nitrogen and oxygen atoms in total. The highest BCUT2D eigenvalue weighted by Gasteiger charge is 2.24. The topological polar surface area (TPSA) is 78.3 Å². The number of nitrogen functional groups attached to an aromatic ring is 2. The molecule has 0 saturated carbocycles. The van der Waals surface area contributed by atoms with Crippen LogP contribution in [-0.4, -0.2) is 18.3 Å². The standard InChI is InChI=1S/C16H16N2O2S/c17-11-5-6-13(14(18)7-11)16(19)20-8-10-9-21-15-4-2-1-3-12(10)15/h1-7,10H,8-9,17-18H2. The summed E-state index contributed by atoms with van der Waals surface area (Å²) < 4.78 is 5.42. The monoisotopic (exact) mass is 300 g/mol. The van der Waals surface area contributed by atoms with Crippen molar-refractivity contribution in [3.05, 3.63) is 53.6 Å². The Morgan fingerprint density at radius 1 is 1.24 bits per heavy atom. The van der Waals surface area contributed by atoms with Gasteiger partial charge in [-0.1, -0.05) is 18.2 Å². The van der Waals surface area contributed by atoms with Gasteiger partial charge in [0, 0.05) is 27.9 Å². The van der Waals surface area contributed by atoms with E-state index in [9.17, 15) is 4.79 Å². The van der Waals surface area contributed by atoms with Crippen LogP contribution in [0.3, 0.4) is 0 Å². The van der Waals surface area contributed by atoms with Crippen LogP contribution < -0.4 is 11.5 Å². The molecule has 0 aromatic heterocycles. The van der Waals surface area contributed by atoms with E-state index in [0.29, 0.717) is 23.5 Å². The molecular weight excluding hydrogens is 284 g/mol. The third-order valence-electron chi connectivity index (χ3n) is 3.51. The maximum atomic E-state index is 12.1. The van der Waals surface area contributed by atoms with Gasteiger partial charge in [0.1, 0.15) is 0 Å². The smallest absolute Gasteiger partial charge is 0.340 e. The van der Waals surface area contributed by atoms with Crippen molar-refractivity contribution in [2.45, 2.75) is 10.8 Å². The van der Waals surface area contributed by atoms with Crippen LogP contribution in [0.1, 0.15) is 21.8 Å². The molecule has 21 heavy (non-hydrogen) atoms. The van der Waals surface area contributed by atoms with Gasteiger partial charge < -0.3 is 16.2 Å². The molecular formula is C16H16N2O2S. The second kappa shape index (κ2) is 5.69. The lowest BCUT2D eigenvalue weighted by molar-refractivity contribution is 0.0488. The van der Waals surface area contributed by atoms with Crippen LogP contribution in [-0.2, 0) is 4.74 Å². The van der Waals surface area contributed by atoms with Gasteiger partial charge in [-0.3, -0.25) is 0 Å². The van der Waals surface area contributed by atoms with Gasteiger partial charge in [-0.25, -0.2) is 4.79 Å². The van der Waals surface area contributed by atoms with Gasteiger partial charge in [0.05, 0.1) is 12.2 Å². The number of thioether (sulfide) groups is 1. The summed E-state index contributed by atoms with van der Waals surface area (Å²) in [6.07, 6.45) is 0. The molecule has 2 aromatic carbocycles. The average molecular weight is 300 g/mol. The zero-order valence-corrected chi connectivity index (χ0v) is 12.2. The molecule has 1 aliphatic heterocycles. The van der Waals surface area contributed by atoms with E-state index in [4.69, 9.17) is 16.2 Å². The third-order valence-corrected chi connectivity index (χ3v) is 4.76. The van der Waals surface area contributed by atoms with Crippen molar-refractivity contribution in [1.82, 2.24) is 0 Å². The molecule has 0 bridgehead atoms. The Morgan fingerprint density at radius 2 is 2.05 bits per heavy atom. The second-order valence-corrected chi connectivity index (χ2v) is 6.05. The Labute approximate surface area is 127 Å². The van der Waals surface area contributed by atoms with Gasteiger partial charge in [-0.2, -0.15) is 0 Å². The molecule has 0 amide bonds. The van der Waals surface area contributed by atoms with E-state index in [2.05, 4.69) is 12.1 Å². The van der Waals surface area contributed by atoms with E-state index < -0.39 is 5.97 Å². The van der Waals surface area contributed by atoms with Crippen molar-refractivity contribution in [2.24, 2.45) is 0 Å². The van der Waals surface area contributed by atoms with E-state index in [0.717, 1.165) is 5.75 Å². The van der Waals surface area contributed by atoms with E-state index >= 15 is 0 Å². The SMILES string of the molecule is Nc1ccc(C(=O)OCC2CSc3ccccc32)c(N)c1. The maximum Gasteiger partial charge on any atom is 0.340 e. The summed E-state index contributed by atoms with van der Waals surface area (Å²) in [5, 5.41) is 0. The first-order valence-electron chi connectivity index (χ1n) is 6.69. The highest BCUT2D eigenvalue weighted by atomic mass is 32.2. The van der Waals surface area contributed by atoms with Crippen molar-refractivity contribution < 1.29 is 9.53 Å². The molecule has 1 aliphatic rings. The largest absolute Gasteiger partial charge is 0.461 e. The molecule has 2 aromatic rings. The van der Waals surface area contributed by atoms with Crippen LogP contribution in [0.5, 0.6) is 0 Å². The van der Waals surface area contributed by atoms with Gasteiger partial charge in [-0.15, -0.1) is 11.8 Å². The summed E-state index contributed by atoms with van der Waals surface area (Å²) in [5.74, 6) is 0.774. The number of carbonyl (C=O) groups excluding carboxylic acids is 1. The molecule has 1 unspecified atom stereocenters. The Hall–Kier alpha value is -2.14. The number of carbonyl (C=O) groups is 1. The fourth-order valence-electron chi connectivity index (χ4n) is 2.39. The predicted octanol–water partition coefficient (Wildman–Crippen LogP) is 2.90. The first-order valence-corrected chi connectivity index (χ1v) is 7.67. The Morgan fingerprint density at radius 3 is 2.86 bits per heavy atom. The number of fused-ring (bicyclic) bond motifs is 1. The van der Waals surface area contributed by atoms with Crippen LogP contribution in [0.2, 0.25) is 0 Å². The normalized spacial score (nSPS) is 16.5. The average Bonchev–Trinajstić information content (AvgIpc) is 2.88. The van der Waals surface area contributed by atoms with Crippen molar-refractivity contribution in [3.8, 4) is 0 Å². The van der Waals surface area contributed by atoms with Crippen molar-refractivity contribution >= 4 is 29.1 Å². The highest BCUT2D eigenvalue weighted by molar-refractivity contribution is 7.99. The van der Waals surface area contributed by atoms with Gasteiger partial charge in [0.25, 0.3) is 0 Å². The summed E-state index contributed by atoms with van der Waals surface area (Å²) in [6, 6.07) is 13.0. The van der Waals surface area contributed by atoms with Crippen LogP contribution >= 0.6 is 11.8 Å². The fraction of sp³-hybridized carbons (Fsp3) is 0.188. The van der Waals surface area contributed by atoms with Crippen LogP contribution in [0.25, 0.3) is 0 Å². The first-order chi connectivity index (χ1) is 10.1. The lowest BCUT2D eigenvalue weighted by atomic mass is 10.0. The molecule has 108 valence electrons. The first kappa shape index (κ1) is 13.8. The lowest BCUT2D eigenvalue weighted by Crippen LogP contribution is -2.14. The van der Waals surface area contributed by atoms with Crippen molar-refractivity contribution in [1.29, 1.82) is 0 Å². The molecule has 0 saturated heterocycles. The summed E-state index contributed by atoms with van der Waals surface area (Å²) in [5.41, 5.74) is 13.9. The summed E-state index contributed by atoms with van der Waals surface area (Å²) in [4.78, 5) is 13.4. The number of esters is 1. The minimum Gasteiger partial charge on any atom is -0.461 e. The third kappa shape index (κ3) is 2.83. The molecule has 5 heteroatoms. The molecule has 3 rings (SSSR count). The number of anilines is 2. The van der Waals surface area contributed by atoms with Gasteiger partial charge in [0.15, 0.2) is 0 Å². The molecule has 0 aliphatic carbocycles. The molecule has 0 spiro atoms. The second-order valence-electron chi connectivity index (χ2n) is 4.99. The highest BCUT2D eigenvalue weighted by Crippen LogP contribution is 2.39. The summed E-state index contributed by atoms with van der Waals surface area (Å²) in [6.45, 7) is 0.368. The number of nitrogens with two attached hydrogens (primary N) is 2. The fourth-order valence-corrected chi connectivity index (χ4v) is 3.62. The summed E-state index contributed by atoms with van der Waals surface area (Å²) in [7, 11) is 0. The maximum absolute atomic E-state index is 12.1. The minimum absolute atomic E-state index is 0.241. The van der Waals surface area contributed by atoms with Crippen molar-refractivity contribution in [2.75, 3.05) is 23.8 Å². The van der Waals surface area contributed by atoms with Gasteiger partial charge in [-0.05, 0) is 29.8 Å². The zero-order chi connectivity index (χ0) is 14.8. The number of rotatable bonds is 3. The van der Waals surface area contributed by atoms with Crippen LogP contribution in [0, 0.1) is 0 Å². The lowest BCUT2D eigenvalue weighted by Gasteiger charge is -2.12. The zero-order valence-electron chi connectivity index (χ0n) is 11.4. The number of ether oxygens (including phenoxy) is 1. The Bertz CT molecular complexity index is 688. The van der Waals surface area contributed by atoms with Crippen LogP contribution in [0.4, 0.5) is 11.4 Å². The van der Waals surface area contributed by atoms with E-state index in [1.807, 2.05) is 12.1 Å². The van der Waals surface area contributed by atoms with Gasteiger partial charge >= 0.3 is 5.97 Å². The molecule has 1 atom stereocenters. The summed E-state index contributed by atoms with van der Waals surface area (Å²) >= 11 is 1.80. The Balaban J connectivity index is 1.67. The molecule has 0 fully saturated rings. The molecule has 0 radical (unpaired) electrons. The van der Waals surface area contributed by atoms with E-state index in [1.165, 1.54) is 10.5 Å². The van der Waals surface area contributed by atoms with Crippen LogP contribution in [0.15, 0.2) is 47.4 Å². The minimum atomic E-state index is -0.401. The van der Waals surface area contributed by atoms with E-state index in [-0.39, 0.29) is 5.92 Å². The number of benzene rings is 2. The number of hydrogen-bond donors (Lipinski definition) is 2. The quantitative estimate of drug-likeness (QED) is 0.673. The predicted molar refractivity (Wildman–Crippen MR) is 85.5 cm³/mol.